The highest BCUT2D eigenvalue weighted by molar-refractivity contribution is 5.97. The largest absolute Gasteiger partial charge is 0.462 e. The molecule has 110 valence electrons. The second-order valence-electron chi connectivity index (χ2n) is 4.70. The molecule has 0 radical (unpaired) electrons. The first-order valence-electron chi connectivity index (χ1n) is 6.69. The lowest BCUT2D eigenvalue weighted by Gasteiger charge is -2.08. The maximum absolute atomic E-state index is 11.9. The van der Waals surface area contributed by atoms with Gasteiger partial charge in [0.2, 0.25) is 0 Å². The van der Waals surface area contributed by atoms with Gasteiger partial charge in [0, 0.05) is 6.07 Å². The number of rotatable bonds is 7. The molecule has 6 nitrogen and oxygen atoms in total. The van der Waals surface area contributed by atoms with E-state index >= 15 is 0 Å². The van der Waals surface area contributed by atoms with Gasteiger partial charge in [-0.05, 0) is 25.0 Å². The summed E-state index contributed by atoms with van der Waals surface area (Å²) in [5.41, 5.74) is 5.93. The van der Waals surface area contributed by atoms with Crippen LogP contribution in [0, 0.1) is 17.0 Å². The molecule has 0 saturated carbocycles. The number of nitrogens with two attached hydrogens (primary N) is 1. The molecule has 2 N–H and O–H groups in total. The first kappa shape index (κ1) is 15.9. The van der Waals surface area contributed by atoms with Crippen molar-refractivity contribution in [2.75, 3.05) is 12.3 Å². The van der Waals surface area contributed by atoms with Crippen LogP contribution in [-0.4, -0.2) is 17.5 Å². The van der Waals surface area contributed by atoms with Crippen molar-refractivity contribution in [1.82, 2.24) is 0 Å². The smallest absolute Gasteiger partial charge is 0.340 e. The van der Waals surface area contributed by atoms with Gasteiger partial charge in [-0.25, -0.2) is 4.79 Å². The van der Waals surface area contributed by atoms with E-state index in [-0.39, 0.29) is 16.9 Å². The minimum absolute atomic E-state index is 0.0622. The van der Waals surface area contributed by atoms with Crippen molar-refractivity contribution in [3.8, 4) is 0 Å². The fourth-order valence-corrected chi connectivity index (χ4v) is 1.87. The lowest BCUT2D eigenvalue weighted by Crippen LogP contribution is -2.11. The molecule has 0 heterocycles. The topological polar surface area (TPSA) is 95.5 Å². The third-order valence-electron chi connectivity index (χ3n) is 2.95. The molecular formula is C14H20N2O4. The van der Waals surface area contributed by atoms with Gasteiger partial charge in [0.25, 0.3) is 5.69 Å². The minimum atomic E-state index is -0.606. The number of nitro groups is 1. The molecule has 1 rings (SSSR count). The molecular weight excluding hydrogens is 260 g/mol. The summed E-state index contributed by atoms with van der Waals surface area (Å²) in [5.74, 6) is -0.606. The summed E-state index contributed by atoms with van der Waals surface area (Å²) in [6.45, 7) is 4.07. The van der Waals surface area contributed by atoms with E-state index < -0.39 is 10.9 Å². The number of carbonyl (C=O) groups excluding carboxylic acids is 1. The molecule has 0 saturated heterocycles. The van der Waals surface area contributed by atoms with Crippen molar-refractivity contribution in [2.24, 2.45) is 0 Å². The molecule has 0 aliphatic heterocycles. The Bertz CT molecular complexity index is 500. The van der Waals surface area contributed by atoms with Gasteiger partial charge in [-0.2, -0.15) is 0 Å². The third kappa shape index (κ3) is 4.22. The summed E-state index contributed by atoms with van der Waals surface area (Å²) in [7, 11) is 0. The van der Waals surface area contributed by atoms with Gasteiger partial charge in [-0.15, -0.1) is 0 Å². The summed E-state index contributed by atoms with van der Waals surface area (Å²) in [4.78, 5) is 22.2. The molecule has 6 heteroatoms. The second-order valence-corrected chi connectivity index (χ2v) is 4.70. The van der Waals surface area contributed by atoms with Crippen molar-refractivity contribution in [2.45, 2.75) is 39.5 Å². The number of unbranched alkanes of at least 4 members (excludes halogenated alkanes) is 3. The van der Waals surface area contributed by atoms with E-state index in [0.29, 0.717) is 12.2 Å². The fraction of sp³-hybridized carbons (Fsp3) is 0.500. The van der Waals surface area contributed by atoms with Crippen LogP contribution in [0.5, 0.6) is 0 Å². The number of carbonyl (C=O) groups is 1. The minimum Gasteiger partial charge on any atom is -0.462 e. The van der Waals surface area contributed by atoms with Gasteiger partial charge >= 0.3 is 5.97 Å². The zero-order valence-corrected chi connectivity index (χ0v) is 11.8. The van der Waals surface area contributed by atoms with Crippen molar-refractivity contribution in [1.29, 1.82) is 0 Å². The van der Waals surface area contributed by atoms with Crippen LogP contribution in [0.1, 0.15) is 48.5 Å². The first-order valence-corrected chi connectivity index (χ1v) is 6.69. The van der Waals surface area contributed by atoms with Crippen LogP contribution in [-0.2, 0) is 4.74 Å². The highest BCUT2D eigenvalue weighted by Crippen LogP contribution is 2.27. The van der Waals surface area contributed by atoms with Crippen LogP contribution < -0.4 is 5.73 Å². The molecule has 1 aromatic carbocycles. The summed E-state index contributed by atoms with van der Waals surface area (Å²) < 4.78 is 5.10. The molecule has 0 unspecified atom stereocenters. The molecule has 0 aliphatic rings. The standard InChI is InChI=1S/C14H20N2O4/c1-3-4-5-6-7-20-14(17)11-8-10(2)9-12(13(11)15)16(18)19/h8-9H,3-7,15H2,1-2H3. The number of esters is 1. The lowest BCUT2D eigenvalue weighted by molar-refractivity contribution is -0.384. The molecule has 0 aromatic heterocycles. The Morgan fingerprint density at radius 1 is 1.35 bits per heavy atom. The normalized spacial score (nSPS) is 10.3. The van der Waals surface area contributed by atoms with E-state index in [1.165, 1.54) is 12.1 Å². The molecule has 1 aromatic rings. The molecule has 20 heavy (non-hydrogen) atoms. The van der Waals surface area contributed by atoms with Crippen LogP contribution in [0.15, 0.2) is 12.1 Å². The zero-order chi connectivity index (χ0) is 15.1. The van der Waals surface area contributed by atoms with Crippen molar-refractivity contribution in [3.63, 3.8) is 0 Å². The summed E-state index contributed by atoms with van der Waals surface area (Å²) >= 11 is 0. The van der Waals surface area contributed by atoms with Gasteiger partial charge in [0.15, 0.2) is 0 Å². The Labute approximate surface area is 118 Å². The van der Waals surface area contributed by atoms with Crippen molar-refractivity contribution < 1.29 is 14.5 Å². The van der Waals surface area contributed by atoms with Gasteiger partial charge in [-0.3, -0.25) is 10.1 Å². The zero-order valence-electron chi connectivity index (χ0n) is 11.8. The van der Waals surface area contributed by atoms with Crippen LogP contribution in [0.25, 0.3) is 0 Å². The van der Waals surface area contributed by atoms with Crippen molar-refractivity contribution >= 4 is 17.3 Å². The van der Waals surface area contributed by atoms with E-state index in [1.807, 2.05) is 0 Å². The Kier molecular flexibility index (Phi) is 5.96. The highest BCUT2D eigenvalue weighted by Gasteiger charge is 2.21. The van der Waals surface area contributed by atoms with E-state index in [1.54, 1.807) is 6.92 Å². The monoisotopic (exact) mass is 280 g/mol. The molecule has 0 atom stereocenters. The Morgan fingerprint density at radius 3 is 2.65 bits per heavy atom. The SMILES string of the molecule is CCCCCCOC(=O)c1cc(C)cc([N+](=O)[O-])c1N. The van der Waals surface area contributed by atoms with Gasteiger partial charge in [-0.1, -0.05) is 26.2 Å². The Balaban J connectivity index is 2.75. The molecule has 0 bridgehead atoms. The number of benzene rings is 1. The number of nitro benzene ring substituents is 1. The average Bonchev–Trinajstić information content (AvgIpc) is 2.40. The van der Waals surface area contributed by atoms with E-state index in [4.69, 9.17) is 10.5 Å². The summed E-state index contributed by atoms with van der Waals surface area (Å²) in [6, 6.07) is 2.85. The van der Waals surface area contributed by atoms with Crippen LogP contribution in [0.2, 0.25) is 0 Å². The van der Waals surface area contributed by atoms with E-state index in [0.717, 1.165) is 25.7 Å². The summed E-state index contributed by atoms with van der Waals surface area (Å²) in [5, 5.41) is 10.9. The van der Waals surface area contributed by atoms with Crippen LogP contribution in [0.3, 0.4) is 0 Å². The number of nitrogen functional groups attached to an aromatic ring is 1. The van der Waals surface area contributed by atoms with Gasteiger partial charge in [0.05, 0.1) is 17.1 Å². The van der Waals surface area contributed by atoms with E-state index in [2.05, 4.69) is 6.92 Å². The van der Waals surface area contributed by atoms with Crippen molar-refractivity contribution in [3.05, 3.63) is 33.4 Å². The Hall–Kier alpha value is -2.11. The van der Waals surface area contributed by atoms with Gasteiger partial charge in [0.1, 0.15) is 5.69 Å². The van der Waals surface area contributed by atoms with Crippen LogP contribution >= 0.6 is 0 Å². The second kappa shape index (κ2) is 7.47. The quantitative estimate of drug-likeness (QED) is 0.272. The van der Waals surface area contributed by atoms with Crippen LogP contribution in [0.4, 0.5) is 11.4 Å². The number of hydrogen-bond donors (Lipinski definition) is 1. The Morgan fingerprint density at radius 2 is 2.05 bits per heavy atom. The molecule has 0 spiro atoms. The third-order valence-corrected chi connectivity index (χ3v) is 2.95. The predicted molar refractivity (Wildman–Crippen MR) is 76.7 cm³/mol. The fourth-order valence-electron chi connectivity index (χ4n) is 1.87. The number of nitrogens with zero attached hydrogens (tertiary/aromatic N) is 1. The lowest BCUT2D eigenvalue weighted by atomic mass is 10.1. The summed E-state index contributed by atoms with van der Waals surface area (Å²) in [6.07, 6.45) is 3.97. The molecule has 0 amide bonds. The number of aryl methyl sites for hydroxylation is 1. The predicted octanol–water partition coefficient (Wildman–Crippen LogP) is 3.22. The molecule has 0 aliphatic carbocycles. The van der Waals surface area contributed by atoms with Gasteiger partial charge < -0.3 is 10.5 Å². The molecule has 0 fully saturated rings. The average molecular weight is 280 g/mol. The first-order chi connectivity index (χ1) is 9.47. The number of ether oxygens (including phenoxy) is 1. The highest BCUT2D eigenvalue weighted by atomic mass is 16.6. The number of hydrogen-bond acceptors (Lipinski definition) is 5. The van der Waals surface area contributed by atoms with E-state index in [9.17, 15) is 14.9 Å². The number of anilines is 1. The maximum atomic E-state index is 11.9. The maximum Gasteiger partial charge on any atom is 0.340 e.